The SMILES string of the molecule is c1ccc(-c2ccc(-c3cccc(N(c4ccc(-c5cccc(-c6cccc7ccccc67)c5)cc4)c4ccc(-c5ccc6c(c5)C(c5ccccc5)(c5ccccc5)c5ccccc5-6)cc4)c3)cc2)cc1. The Balaban J connectivity index is 0.892. The van der Waals surface area contributed by atoms with Crippen molar-refractivity contribution < 1.29 is 0 Å². The molecule has 0 fully saturated rings. The van der Waals surface area contributed by atoms with E-state index in [1.54, 1.807) is 0 Å². The van der Waals surface area contributed by atoms with Crippen molar-refractivity contribution in [3.05, 3.63) is 320 Å². The summed E-state index contributed by atoms with van der Waals surface area (Å²) in [6.07, 6.45) is 0. The molecule has 0 atom stereocenters. The van der Waals surface area contributed by atoms with E-state index in [0.29, 0.717) is 0 Å². The minimum Gasteiger partial charge on any atom is -0.310 e. The zero-order valence-corrected chi connectivity index (χ0v) is 39.7. The van der Waals surface area contributed by atoms with E-state index in [4.69, 9.17) is 0 Å². The summed E-state index contributed by atoms with van der Waals surface area (Å²) in [5.41, 5.74) is 22.4. The normalized spacial score (nSPS) is 12.3. The van der Waals surface area contributed by atoms with Crippen molar-refractivity contribution >= 4 is 27.8 Å². The van der Waals surface area contributed by atoms with Crippen LogP contribution in [0.4, 0.5) is 17.1 Å². The second-order valence-electron chi connectivity index (χ2n) is 18.8. The van der Waals surface area contributed by atoms with Crippen molar-refractivity contribution in [2.45, 2.75) is 5.41 Å². The molecule has 13 rings (SSSR count). The summed E-state index contributed by atoms with van der Waals surface area (Å²) in [7, 11) is 0. The van der Waals surface area contributed by atoms with Crippen molar-refractivity contribution in [1.29, 1.82) is 0 Å². The molecule has 0 aromatic heterocycles. The van der Waals surface area contributed by atoms with E-state index in [9.17, 15) is 0 Å². The molecular formula is C71H49N. The highest BCUT2D eigenvalue weighted by molar-refractivity contribution is 5.97. The monoisotopic (exact) mass is 915 g/mol. The fourth-order valence-electron chi connectivity index (χ4n) is 11.3. The molecule has 0 aliphatic heterocycles. The Morgan fingerprint density at radius 1 is 0.222 bits per heavy atom. The number of nitrogens with zero attached hydrogens (tertiary/aromatic N) is 1. The summed E-state index contributed by atoms with van der Waals surface area (Å²) in [6, 6.07) is 109. The Morgan fingerprint density at radius 3 is 1.31 bits per heavy atom. The summed E-state index contributed by atoms with van der Waals surface area (Å²) in [5.74, 6) is 0. The molecule has 72 heavy (non-hydrogen) atoms. The van der Waals surface area contributed by atoms with Gasteiger partial charge in [-0.05, 0) is 148 Å². The maximum absolute atomic E-state index is 2.45. The van der Waals surface area contributed by atoms with E-state index in [1.165, 1.54) is 94.2 Å². The van der Waals surface area contributed by atoms with Gasteiger partial charge >= 0.3 is 0 Å². The molecule has 1 nitrogen and oxygen atoms in total. The minimum absolute atomic E-state index is 0.461. The average Bonchev–Trinajstić information content (AvgIpc) is 3.77. The van der Waals surface area contributed by atoms with Gasteiger partial charge in [0.25, 0.3) is 0 Å². The van der Waals surface area contributed by atoms with Crippen LogP contribution in [0.25, 0.3) is 77.5 Å². The molecule has 0 unspecified atom stereocenters. The summed E-state index contributed by atoms with van der Waals surface area (Å²) < 4.78 is 0. The van der Waals surface area contributed by atoms with Gasteiger partial charge in [0.1, 0.15) is 0 Å². The van der Waals surface area contributed by atoms with E-state index in [-0.39, 0.29) is 0 Å². The molecule has 1 heteroatoms. The fraction of sp³-hybridized carbons (Fsp3) is 0.0141. The summed E-state index contributed by atoms with van der Waals surface area (Å²) in [5, 5.41) is 2.51. The first-order valence-electron chi connectivity index (χ1n) is 24.9. The van der Waals surface area contributed by atoms with E-state index in [1.807, 2.05) is 0 Å². The largest absolute Gasteiger partial charge is 0.310 e. The fourth-order valence-corrected chi connectivity index (χ4v) is 11.3. The first kappa shape index (κ1) is 42.8. The van der Waals surface area contributed by atoms with Crippen LogP contribution in [0.15, 0.2) is 297 Å². The van der Waals surface area contributed by atoms with E-state index >= 15 is 0 Å². The number of hydrogen-bond donors (Lipinski definition) is 0. The highest BCUT2D eigenvalue weighted by Crippen LogP contribution is 2.57. The molecule has 1 aliphatic carbocycles. The Bertz CT molecular complexity index is 3830. The molecule has 1 aliphatic rings. The van der Waals surface area contributed by atoms with Crippen LogP contribution in [0.2, 0.25) is 0 Å². The van der Waals surface area contributed by atoms with Crippen LogP contribution in [0.5, 0.6) is 0 Å². The predicted molar refractivity (Wildman–Crippen MR) is 303 cm³/mol. The van der Waals surface area contributed by atoms with E-state index in [2.05, 4.69) is 302 Å². The van der Waals surface area contributed by atoms with Crippen LogP contribution < -0.4 is 4.90 Å². The van der Waals surface area contributed by atoms with Crippen LogP contribution in [0.1, 0.15) is 22.3 Å². The lowest BCUT2D eigenvalue weighted by atomic mass is 9.67. The quantitative estimate of drug-likeness (QED) is 0.132. The summed E-state index contributed by atoms with van der Waals surface area (Å²) in [4.78, 5) is 2.39. The molecule has 0 heterocycles. The Labute approximate surface area is 422 Å². The Hall–Kier alpha value is -9.30. The van der Waals surface area contributed by atoms with Crippen LogP contribution >= 0.6 is 0 Å². The lowest BCUT2D eigenvalue weighted by Crippen LogP contribution is -2.28. The van der Waals surface area contributed by atoms with Crippen molar-refractivity contribution in [1.82, 2.24) is 0 Å². The number of anilines is 3. The molecule has 338 valence electrons. The summed E-state index contributed by atoms with van der Waals surface area (Å²) in [6.45, 7) is 0. The first-order chi connectivity index (χ1) is 35.7. The predicted octanol–water partition coefficient (Wildman–Crippen LogP) is 19.0. The maximum Gasteiger partial charge on any atom is 0.0713 e. The highest BCUT2D eigenvalue weighted by atomic mass is 15.1. The first-order valence-corrected chi connectivity index (χ1v) is 24.9. The van der Waals surface area contributed by atoms with Crippen LogP contribution in [-0.2, 0) is 5.41 Å². The third kappa shape index (κ3) is 7.51. The Kier molecular flexibility index (Phi) is 10.8. The van der Waals surface area contributed by atoms with Gasteiger partial charge in [0.05, 0.1) is 5.41 Å². The molecule has 12 aromatic carbocycles. The number of hydrogen-bond acceptors (Lipinski definition) is 1. The van der Waals surface area contributed by atoms with Crippen molar-refractivity contribution in [3.8, 4) is 66.8 Å². The molecule has 0 saturated heterocycles. The molecule has 12 aromatic rings. The zero-order valence-electron chi connectivity index (χ0n) is 39.7. The molecule has 0 N–H and O–H groups in total. The zero-order chi connectivity index (χ0) is 47.8. The van der Waals surface area contributed by atoms with Gasteiger partial charge in [0, 0.05) is 17.1 Å². The topological polar surface area (TPSA) is 3.24 Å². The smallest absolute Gasteiger partial charge is 0.0713 e. The highest BCUT2D eigenvalue weighted by Gasteiger charge is 2.46. The van der Waals surface area contributed by atoms with E-state index < -0.39 is 5.41 Å². The van der Waals surface area contributed by atoms with Gasteiger partial charge in [0.2, 0.25) is 0 Å². The van der Waals surface area contributed by atoms with Gasteiger partial charge in [-0.25, -0.2) is 0 Å². The lowest BCUT2D eigenvalue weighted by Gasteiger charge is -2.34. The van der Waals surface area contributed by atoms with Gasteiger partial charge in [-0.1, -0.05) is 249 Å². The second kappa shape index (κ2) is 18.2. The molecule has 0 bridgehead atoms. The number of fused-ring (bicyclic) bond motifs is 4. The molecular weight excluding hydrogens is 867 g/mol. The third-order valence-electron chi connectivity index (χ3n) is 14.8. The van der Waals surface area contributed by atoms with Gasteiger partial charge in [-0.3, -0.25) is 0 Å². The van der Waals surface area contributed by atoms with Gasteiger partial charge in [-0.15, -0.1) is 0 Å². The van der Waals surface area contributed by atoms with Crippen LogP contribution in [0, 0.1) is 0 Å². The summed E-state index contributed by atoms with van der Waals surface area (Å²) >= 11 is 0. The number of rotatable bonds is 10. The molecule has 0 spiro atoms. The number of benzene rings is 12. The van der Waals surface area contributed by atoms with Crippen LogP contribution in [0.3, 0.4) is 0 Å². The van der Waals surface area contributed by atoms with Crippen LogP contribution in [-0.4, -0.2) is 0 Å². The molecule has 0 saturated carbocycles. The Morgan fingerprint density at radius 2 is 0.639 bits per heavy atom. The maximum atomic E-state index is 2.45. The third-order valence-corrected chi connectivity index (χ3v) is 14.8. The van der Waals surface area contributed by atoms with Crippen molar-refractivity contribution in [2.75, 3.05) is 4.90 Å². The molecule has 0 radical (unpaired) electrons. The lowest BCUT2D eigenvalue weighted by molar-refractivity contribution is 0.769. The molecule has 0 amide bonds. The van der Waals surface area contributed by atoms with Crippen molar-refractivity contribution in [2.24, 2.45) is 0 Å². The second-order valence-corrected chi connectivity index (χ2v) is 18.8. The van der Waals surface area contributed by atoms with Gasteiger partial charge < -0.3 is 4.90 Å². The van der Waals surface area contributed by atoms with Gasteiger partial charge in [-0.2, -0.15) is 0 Å². The van der Waals surface area contributed by atoms with E-state index in [0.717, 1.165) is 22.6 Å². The standard InChI is InChI=1S/C71H49N/c1-4-17-50(18-5-1)51-33-35-52(36-34-51)57-22-15-28-64(48-57)72(62-42-37-53(38-43-62)56-21-14-23-59(47-56)66-31-16-20-55-19-10-11-29-65(55)66)63-44-39-54(40-45-63)58-41-46-68-67-30-12-13-32-69(67)71(70(68)49-58,60-24-6-2-7-25-60)61-26-8-3-9-27-61/h1-49H. The van der Waals surface area contributed by atoms with Crippen molar-refractivity contribution in [3.63, 3.8) is 0 Å². The van der Waals surface area contributed by atoms with Gasteiger partial charge in [0.15, 0.2) is 0 Å². The average molecular weight is 916 g/mol. The minimum atomic E-state index is -0.461.